The molecule has 1 aromatic rings. The summed E-state index contributed by atoms with van der Waals surface area (Å²) < 4.78 is 0. The first-order valence-electron chi connectivity index (χ1n) is 6.40. The first kappa shape index (κ1) is 14.5. The van der Waals surface area contributed by atoms with Crippen LogP contribution in [0.25, 0.3) is 0 Å². The standard InChI is InChI=1S/C14H18N2O4/c1-9(17)15(2)11-6-4-3-5-10(11)14(20)16-7-12(18)13(19)8-16/h3-6,12-13,18-19H,7-8H2,1-2H3. The monoisotopic (exact) mass is 278 g/mol. The first-order chi connectivity index (χ1) is 9.41. The van der Waals surface area contributed by atoms with E-state index in [0.717, 1.165) is 0 Å². The van der Waals surface area contributed by atoms with Crippen molar-refractivity contribution in [2.24, 2.45) is 0 Å². The molecule has 2 unspecified atom stereocenters. The van der Waals surface area contributed by atoms with E-state index in [-0.39, 0.29) is 24.9 Å². The smallest absolute Gasteiger partial charge is 0.256 e. The highest BCUT2D eigenvalue weighted by Gasteiger charge is 2.34. The van der Waals surface area contributed by atoms with E-state index in [1.165, 1.54) is 16.7 Å². The first-order valence-corrected chi connectivity index (χ1v) is 6.40. The minimum Gasteiger partial charge on any atom is -0.388 e. The van der Waals surface area contributed by atoms with Gasteiger partial charge in [0.05, 0.1) is 23.5 Å². The summed E-state index contributed by atoms with van der Waals surface area (Å²) >= 11 is 0. The predicted molar refractivity (Wildman–Crippen MR) is 73.4 cm³/mol. The van der Waals surface area contributed by atoms with Gasteiger partial charge in [-0.2, -0.15) is 0 Å². The Labute approximate surface area is 117 Å². The van der Waals surface area contributed by atoms with Crippen molar-refractivity contribution in [1.82, 2.24) is 4.90 Å². The molecule has 1 fully saturated rings. The van der Waals surface area contributed by atoms with Crippen LogP contribution in [0, 0.1) is 0 Å². The Hall–Kier alpha value is -1.92. The van der Waals surface area contributed by atoms with Gasteiger partial charge in [-0.15, -0.1) is 0 Å². The van der Waals surface area contributed by atoms with Crippen LogP contribution >= 0.6 is 0 Å². The van der Waals surface area contributed by atoms with Gasteiger partial charge in [0.25, 0.3) is 5.91 Å². The van der Waals surface area contributed by atoms with Crippen LogP contribution in [0.4, 0.5) is 5.69 Å². The second-order valence-corrected chi connectivity index (χ2v) is 4.94. The average Bonchev–Trinajstić information content (AvgIpc) is 2.77. The lowest BCUT2D eigenvalue weighted by Gasteiger charge is -2.22. The minimum atomic E-state index is -0.920. The zero-order valence-electron chi connectivity index (χ0n) is 11.5. The number of aliphatic hydroxyl groups is 2. The molecule has 0 aromatic heterocycles. The van der Waals surface area contributed by atoms with Crippen LogP contribution in [-0.4, -0.2) is 59.3 Å². The molecule has 1 aromatic carbocycles. The van der Waals surface area contributed by atoms with Gasteiger partial charge in [-0.05, 0) is 12.1 Å². The fourth-order valence-electron chi connectivity index (χ4n) is 2.22. The normalized spacial score (nSPS) is 21.9. The number of anilines is 1. The van der Waals surface area contributed by atoms with E-state index in [4.69, 9.17) is 0 Å². The second-order valence-electron chi connectivity index (χ2n) is 4.94. The van der Waals surface area contributed by atoms with Crippen LogP contribution in [0.3, 0.4) is 0 Å². The van der Waals surface area contributed by atoms with E-state index < -0.39 is 12.2 Å². The molecule has 0 aliphatic carbocycles. The van der Waals surface area contributed by atoms with Gasteiger partial charge >= 0.3 is 0 Å². The van der Waals surface area contributed by atoms with Crippen LogP contribution in [0.2, 0.25) is 0 Å². The second kappa shape index (κ2) is 5.60. The van der Waals surface area contributed by atoms with Crippen molar-refractivity contribution < 1.29 is 19.8 Å². The summed E-state index contributed by atoms with van der Waals surface area (Å²) in [6.07, 6.45) is -1.84. The highest BCUT2D eigenvalue weighted by atomic mass is 16.3. The third-order valence-corrected chi connectivity index (χ3v) is 3.51. The van der Waals surface area contributed by atoms with Crippen LogP contribution in [0.1, 0.15) is 17.3 Å². The van der Waals surface area contributed by atoms with Gasteiger partial charge in [-0.3, -0.25) is 9.59 Å². The molecule has 1 aliphatic heterocycles. The Bertz CT molecular complexity index is 522. The van der Waals surface area contributed by atoms with Gasteiger partial charge < -0.3 is 20.0 Å². The maximum atomic E-state index is 12.5. The van der Waals surface area contributed by atoms with Crippen LogP contribution in [0.5, 0.6) is 0 Å². The van der Waals surface area contributed by atoms with Crippen LogP contribution < -0.4 is 4.90 Å². The molecule has 2 atom stereocenters. The van der Waals surface area contributed by atoms with Crippen molar-refractivity contribution in [1.29, 1.82) is 0 Å². The number of amides is 2. The zero-order chi connectivity index (χ0) is 14.9. The third kappa shape index (κ3) is 2.66. The van der Waals surface area contributed by atoms with E-state index in [1.807, 2.05) is 0 Å². The lowest BCUT2D eigenvalue weighted by Crippen LogP contribution is -2.32. The molecule has 1 saturated heterocycles. The number of β-amino-alcohol motifs (C(OH)–C–C–N with tert-alkyl or cyclic N) is 2. The number of rotatable bonds is 2. The van der Waals surface area contributed by atoms with Gasteiger partial charge in [0, 0.05) is 27.1 Å². The van der Waals surface area contributed by atoms with Crippen LogP contribution in [-0.2, 0) is 4.79 Å². The van der Waals surface area contributed by atoms with E-state index in [1.54, 1.807) is 31.3 Å². The molecule has 0 spiro atoms. The van der Waals surface area contributed by atoms with Crippen molar-refractivity contribution >= 4 is 17.5 Å². The Morgan fingerprint density at radius 1 is 1.20 bits per heavy atom. The summed E-state index contributed by atoms with van der Waals surface area (Å²) in [7, 11) is 1.60. The Kier molecular flexibility index (Phi) is 4.06. The predicted octanol–water partition coefficient (Wildman–Crippen LogP) is -0.153. The highest BCUT2D eigenvalue weighted by molar-refractivity contribution is 6.04. The van der Waals surface area contributed by atoms with Gasteiger partial charge in [0.15, 0.2) is 0 Å². The molecule has 6 nitrogen and oxygen atoms in total. The SMILES string of the molecule is CC(=O)N(C)c1ccccc1C(=O)N1CC(O)C(O)C1. The summed E-state index contributed by atoms with van der Waals surface area (Å²) in [6, 6.07) is 6.79. The molecule has 0 radical (unpaired) electrons. The molecule has 0 saturated carbocycles. The molecule has 1 heterocycles. The minimum absolute atomic E-state index is 0.0954. The molecule has 0 bridgehead atoms. The van der Waals surface area contributed by atoms with Crippen molar-refractivity contribution in [3.05, 3.63) is 29.8 Å². The van der Waals surface area contributed by atoms with E-state index in [2.05, 4.69) is 0 Å². The molecular formula is C14H18N2O4. The summed E-state index contributed by atoms with van der Waals surface area (Å²) in [5.41, 5.74) is 0.896. The van der Waals surface area contributed by atoms with Gasteiger partial charge in [0.2, 0.25) is 5.91 Å². The summed E-state index contributed by atoms with van der Waals surface area (Å²) in [4.78, 5) is 26.7. The molecule has 2 N–H and O–H groups in total. The maximum Gasteiger partial charge on any atom is 0.256 e. The number of likely N-dealkylation sites (tertiary alicyclic amines) is 1. The highest BCUT2D eigenvalue weighted by Crippen LogP contribution is 2.23. The number of benzene rings is 1. The third-order valence-electron chi connectivity index (χ3n) is 3.51. The van der Waals surface area contributed by atoms with Crippen molar-refractivity contribution in [2.45, 2.75) is 19.1 Å². The molecule has 1 aliphatic rings. The quantitative estimate of drug-likeness (QED) is 0.788. The summed E-state index contributed by atoms with van der Waals surface area (Å²) in [5, 5.41) is 19.0. The molecule has 2 rings (SSSR count). The largest absolute Gasteiger partial charge is 0.388 e. The lowest BCUT2D eigenvalue weighted by atomic mass is 10.1. The molecular weight excluding hydrogens is 260 g/mol. The lowest BCUT2D eigenvalue weighted by molar-refractivity contribution is -0.116. The summed E-state index contributed by atoms with van der Waals surface area (Å²) in [6.45, 7) is 1.61. The molecule has 108 valence electrons. The number of carbonyl (C=O) groups is 2. The molecule has 6 heteroatoms. The average molecular weight is 278 g/mol. The fourth-order valence-corrected chi connectivity index (χ4v) is 2.22. The molecule has 20 heavy (non-hydrogen) atoms. The van der Waals surface area contributed by atoms with Gasteiger partial charge in [0.1, 0.15) is 0 Å². The Morgan fingerprint density at radius 3 is 2.30 bits per heavy atom. The number of hydrogen-bond donors (Lipinski definition) is 2. The van der Waals surface area contributed by atoms with Crippen LogP contribution in [0.15, 0.2) is 24.3 Å². The number of aliphatic hydroxyl groups excluding tert-OH is 2. The topological polar surface area (TPSA) is 81.1 Å². The fraction of sp³-hybridized carbons (Fsp3) is 0.429. The van der Waals surface area contributed by atoms with Crippen molar-refractivity contribution in [2.75, 3.05) is 25.0 Å². The number of hydrogen-bond acceptors (Lipinski definition) is 4. The number of para-hydroxylation sites is 1. The molecule has 2 amide bonds. The maximum absolute atomic E-state index is 12.5. The van der Waals surface area contributed by atoms with Crippen molar-refractivity contribution in [3.63, 3.8) is 0 Å². The Balaban J connectivity index is 2.29. The number of nitrogens with zero attached hydrogens (tertiary/aromatic N) is 2. The van der Waals surface area contributed by atoms with E-state index >= 15 is 0 Å². The number of carbonyl (C=O) groups excluding carboxylic acids is 2. The van der Waals surface area contributed by atoms with Gasteiger partial charge in [-0.1, -0.05) is 12.1 Å². The Morgan fingerprint density at radius 2 is 1.75 bits per heavy atom. The van der Waals surface area contributed by atoms with E-state index in [0.29, 0.717) is 11.3 Å². The van der Waals surface area contributed by atoms with Gasteiger partial charge in [-0.25, -0.2) is 0 Å². The zero-order valence-corrected chi connectivity index (χ0v) is 11.5. The summed E-state index contributed by atoms with van der Waals surface area (Å²) in [5.74, 6) is -0.476. The van der Waals surface area contributed by atoms with E-state index in [9.17, 15) is 19.8 Å². The van der Waals surface area contributed by atoms with Crippen molar-refractivity contribution in [3.8, 4) is 0 Å².